The number of aliphatic carboxylic acids is 1. The molecule has 4 aromatic rings. The lowest BCUT2D eigenvalue weighted by Gasteiger charge is -2.11. The van der Waals surface area contributed by atoms with E-state index in [-0.39, 0.29) is 24.1 Å². The lowest BCUT2D eigenvalue weighted by Crippen LogP contribution is -2.21. The van der Waals surface area contributed by atoms with Gasteiger partial charge in [0.1, 0.15) is 23.0 Å². The van der Waals surface area contributed by atoms with Gasteiger partial charge in [0.15, 0.2) is 0 Å². The van der Waals surface area contributed by atoms with Crippen LogP contribution < -0.4 is 26.8 Å². The van der Waals surface area contributed by atoms with Crippen LogP contribution >= 0.6 is 0 Å². The Morgan fingerprint density at radius 3 is 2.02 bits per heavy atom. The molecule has 17 heteroatoms. The molecule has 11 nitrogen and oxygen atoms in total. The van der Waals surface area contributed by atoms with Crippen molar-refractivity contribution in [1.82, 2.24) is 15.0 Å². The third-order valence-electron chi connectivity index (χ3n) is 5.02. The molecular formula is C26H21F6N7O4. The predicted molar refractivity (Wildman–Crippen MR) is 142 cm³/mol. The van der Waals surface area contributed by atoms with E-state index in [0.717, 1.165) is 17.8 Å². The van der Waals surface area contributed by atoms with Gasteiger partial charge in [-0.15, -0.1) is 0 Å². The number of rotatable bonds is 7. The Morgan fingerprint density at radius 1 is 0.860 bits per heavy atom. The van der Waals surface area contributed by atoms with Gasteiger partial charge in [-0.3, -0.25) is 9.78 Å². The van der Waals surface area contributed by atoms with E-state index in [9.17, 15) is 31.1 Å². The minimum absolute atomic E-state index is 0.0138. The highest BCUT2D eigenvalue weighted by Crippen LogP contribution is 2.32. The second-order valence-corrected chi connectivity index (χ2v) is 8.26. The Kier molecular flexibility index (Phi) is 10.0. The average Bonchev–Trinajstić information content (AvgIpc) is 2.94. The zero-order chi connectivity index (χ0) is 31.8. The zero-order valence-electron chi connectivity index (χ0n) is 21.6. The maximum absolute atomic E-state index is 12.8. The monoisotopic (exact) mass is 609 g/mol. The first-order valence-corrected chi connectivity index (χ1v) is 11.8. The fourth-order valence-corrected chi connectivity index (χ4v) is 3.13. The molecular weight excluding hydrogens is 588 g/mol. The first-order valence-electron chi connectivity index (χ1n) is 11.8. The number of anilines is 4. The number of amides is 1. The molecule has 1 amide bonds. The summed E-state index contributed by atoms with van der Waals surface area (Å²) in [6.45, 7) is -0.116. The molecule has 226 valence electrons. The number of ether oxygens (including phenoxy) is 1. The van der Waals surface area contributed by atoms with Gasteiger partial charge in [-0.1, -0.05) is 12.1 Å². The van der Waals surface area contributed by atoms with Crippen molar-refractivity contribution in [2.24, 2.45) is 5.73 Å². The molecule has 0 radical (unpaired) electrons. The number of pyridine rings is 1. The number of nitrogens with one attached hydrogen (secondary N) is 2. The van der Waals surface area contributed by atoms with E-state index < -0.39 is 24.0 Å². The number of benzene rings is 2. The van der Waals surface area contributed by atoms with Crippen LogP contribution in [0, 0.1) is 0 Å². The van der Waals surface area contributed by atoms with E-state index in [1.165, 1.54) is 6.07 Å². The molecule has 0 aliphatic carbocycles. The summed E-state index contributed by atoms with van der Waals surface area (Å²) < 4.78 is 75.8. The number of nitrogen functional groups attached to an aromatic ring is 1. The highest BCUT2D eigenvalue weighted by atomic mass is 19.4. The second-order valence-electron chi connectivity index (χ2n) is 8.26. The molecule has 0 saturated heterocycles. The Bertz CT molecular complexity index is 1560. The topological polar surface area (TPSA) is 178 Å². The fraction of sp³-hybridized carbons (Fsp3) is 0.115. The van der Waals surface area contributed by atoms with E-state index in [4.69, 9.17) is 26.1 Å². The van der Waals surface area contributed by atoms with Gasteiger partial charge < -0.3 is 31.9 Å². The maximum atomic E-state index is 12.8. The second kappa shape index (κ2) is 13.5. The molecule has 0 atom stereocenters. The Labute approximate surface area is 238 Å². The number of aromatic nitrogens is 3. The van der Waals surface area contributed by atoms with Gasteiger partial charge in [0.2, 0.25) is 11.9 Å². The summed E-state index contributed by atoms with van der Waals surface area (Å²) in [6, 6.07) is 17.4. The number of halogens is 6. The molecule has 0 bridgehead atoms. The van der Waals surface area contributed by atoms with Gasteiger partial charge >= 0.3 is 18.3 Å². The molecule has 0 aliphatic heterocycles. The number of carboxylic acid groups (broad SMARTS) is 1. The maximum Gasteiger partial charge on any atom is 0.490 e. The Hall–Kier alpha value is -5.45. The average molecular weight is 609 g/mol. The van der Waals surface area contributed by atoms with Gasteiger partial charge in [-0.25, -0.2) is 9.78 Å². The normalized spacial score (nSPS) is 11.1. The van der Waals surface area contributed by atoms with Crippen LogP contribution in [0.2, 0.25) is 0 Å². The van der Waals surface area contributed by atoms with Crippen LogP contribution in [0.3, 0.4) is 0 Å². The van der Waals surface area contributed by atoms with Crippen LogP contribution in [-0.2, 0) is 15.8 Å². The zero-order valence-corrected chi connectivity index (χ0v) is 21.6. The van der Waals surface area contributed by atoms with Crippen LogP contribution in [-0.4, -0.2) is 44.7 Å². The summed E-state index contributed by atoms with van der Waals surface area (Å²) >= 11 is 0. The largest absolute Gasteiger partial charge is 0.490 e. The van der Waals surface area contributed by atoms with Crippen LogP contribution in [0.4, 0.5) is 49.5 Å². The predicted octanol–water partition coefficient (Wildman–Crippen LogP) is 5.21. The molecule has 2 aromatic heterocycles. The quantitative estimate of drug-likeness (QED) is 0.175. The molecule has 43 heavy (non-hydrogen) atoms. The van der Waals surface area contributed by atoms with Crippen LogP contribution in [0.1, 0.15) is 5.69 Å². The van der Waals surface area contributed by atoms with Gasteiger partial charge in [0.25, 0.3) is 0 Å². The van der Waals surface area contributed by atoms with Crippen molar-refractivity contribution in [2.75, 3.05) is 22.9 Å². The van der Waals surface area contributed by atoms with E-state index in [1.54, 1.807) is 54.6 Å². The minimum atomic E-state index is -5.08. The smallest absolute Gasteiger partial charge is 0.475 e. The highest BCUT2D eigenvalue weighted by Gasteiger charge is 2.38. The number of nitrogens with zero attached hydrogens (tertiary/aromatic N) is 3. The van der Waals surface area contributed by atoms with Crippen molar-refractivity contribution < 1.29 is 45.8 Å². The number of nitrogens with two attached hydrogens (primary N) is 2. The van der Waals surface area contributed by atoms with Gasteiger partial charge in [-0.2, -0.15) is 31.3 Å². The lowest BCUT2D eigenvalue weighted by atomic mass is 10.1. The van der Waals surface area contributed by atoms with Crippen molar-refractivity contribution in [3.8, 4) is 22.8 Å². The van der Waals surface area contributed by atoms with E-state index >= 15 is 0 Å². The molecule has 2 aromatic carbocycles. The summed E-state index contributed by atoms with van der Waals surface area (Å²) in [7, 11) is 0. The number of carbonyl (C=O) groups is 2. The molecule has 2 heterocycles. The SMILES string of the molecule is NCC(=O)Nc1ccc(-c2cc(Nc3ccc(Oc4ccnc(C(F)(F)F)c4)cc3)nc(N)n2)cc1.O=C(O)C(F)(F)F. The number of hydrogen-bond donors (Lipinski definition) is 5. The van der Waals surface area contributed by atoms with E-state index in [2.05, 4.69) is 25.6 Å². The van der Waals surface area contributed by atoms with Crippen LogP contribution in [0.25, 0.3) is 11.3 Å². The first-order chi connectivity index (χ1) is 20.1. The number of carbonyl (C=O) groups excluding carboxylic acids is 1. The van der Waals surface area contributed by atoms with Crippen LogP contribution in [0.5, 0.6) is 11.5 Å². The Morgan fingerprint density at radius 2 is 1.47 bits per heavy atom. The Balaban J connectivity index is 0.000000646. The third-order valence-corrected chi connectivity index (χ3v) is 5.02. The summed E-state index contributed by atoms with van der Waals surface area (Å²) in [5, 5.41) is 12.9. The first kappa shape index (κ1) is 32.1. The molecule has 0 aliphatic rings. The summed E-state index contributed by atoms with van der Waals surface area (Å²) in [6.07, 6.45) is -8.61. The van der Waals surface area contributed by atoms with Crippen molar-refractivity contribution in [1.29, 1.82) is 0 Å². The van der Waals surface area contributed by atoms with Crippen molar-refractivity contribution in [2.45, 2.75) is 12.4 Å². The molecule has 4 rings (SSSR count). The number of carboxylic acids is 1. The third kappa shape index (κ3) is 9.85. The van der Waals surface area contributed by atoms with Gasteiger partial charge in [0.05, 0.1) is 12.2 Å². The molecule has 0 spiro atoms. The summed E-state index contributed by atoms with van der Waals surface area (Å²) in [4.78, 5) is 32.1. The molecule has 7 N–H and O–H groups in total. The van der Waals surface area contributed by atoms with Crippen molar-refractivity contribution in [3.05, 3.63) is 78.6 Å². The van der Waals surface area contributed by atoms with Gasteiger partial charge in [0, 0.05) is 35.3 Å². The number of alkyl halides is 6. The van der Waals surface area contributed by atoms with Crippen LogP contribution in [0.15, 0.2) is 72.9 Å². The summed E-state index contributed by atoms with van der Waals surface area (Å²) in [5.74, 6) is -2.23. The molecule has 0 saturated carbocycles. The highest BCUT2D eigenvalue weighted by molar-refractivity contribution is 5.92. The van der Waals surface area contributed by atoms with Crippen molar-refractivity contribution >= 4 is 35.0 Å². The fourth-order valence-electron chi connectivity index (χ4n) is 3.13. The van der Waals surface area contributed by atoms with E-state index in [1.807, 2.05) is 0 Å². The number of hydrogen-bond acceptors (Lipinski definition) is 9. The standard InChI is InChI=1S/C24H20F3N7O2.C2HF3O2/c25-24(26,27)20-11-18(9-10-30-20)36-17-7-5-15(6-8-17)31-21-12-19(33-23(29)34-21)14-1-3-16(4-2-14)32-22(35)13-28;3-2(4,5)1(6)7/h1-12H,13,28H2,(H,32,35)(H3,29,31,33,34);(H,6,7). The van der Waals surface area contributed by atoms with Crippen molar-refractivity contribution in [3.63, 3.8) is 0 Å². The van der Waals surface area contributed by atoms with Gasteiger partial charge in [-0.05, 0) is 42.5 Å². The lowest BCUT2D eigenvalue weighted by molar-refractivity contribution is -0.192. The molecule has 0 unspecified atom stereocenters. The summed E-state index contributed by atoms with van der Waals surface area (Å²) in [5.41, 5.74) is 12.7. The minimum Gasteiger partial charge on any atom is -0.475 e. The molecule has 0 fully saturated rings. The van der Waals surface area contributed by atoms with E-state index in [0.29, 0.717) is 28.6 Å².